The standard InChI is InChI=1S/C22H27NO7/c1-4-18(24)28-17-11-21(27-13(3)22(17)30-19(25)5-2)29-20(26)10-14-12-23-16-9-7-6-8-15(14)16/h6-9,12-13,17,21-23H,4-5,10-11H2,1-3H3/t13-,17-,21-,22+/m0/s1. The van der Waals surface area contributed by atoms with Crippen molar-refractivity contribution in [2.45, 2.75) is 71.1 Å². The van der Waals surface area contributed by atoms with Crippen LogP contribution in [0.2, 0.25) is 0 Å². The van der Waals surface area contributed by atoms with Crippen molar-refractivity contribution in [2.75, 3.05) is 0 Å². The van der Waals surface area contributed by atoms with Crippen molar-refractivity contribution in [1.82, 2.24) is 4.98 Å². The van der Waals surface area contributed by atoms with Crippen LogP contribution in [0.3, 0.4) is 0 Å². The molecule has 2 heterocycles. The lowest BCUT2D eigenvalue weighted by Gasteiger charge is -2.38. The molecule has 1 aromatic carbocycles. The summed E-state index contributed by atoms with van der Waals surface area (Å²) in [5.41, 5.74) is 1.76. The molecule has 1 fully saturated rings. The summed E-state index contributed by atoms with van der Waals surface area (Å²) in [6.07, 6.45) is -0.671. The Morgan fingerprint density at radius 1 is 1.03 bits per heavy atom. The molecule has 4 atom stereocenters. The molecule has 0 amide bonds. The van der Waals surface area contributed by atoms with Gasteiger partial charge in [0.1, 0.15) is 6.10 Å². The number of nitrogens with one attached hydrogen (secondary N) is 1. The number of benzene rings is 1. The van der Waals surface area contributed by atoms with Crippen molar-refractivity contribution in [1.29, 1.82) is 0 Å². The van der Waals surface area contributed by atoms with Crippen LogP contribution in [0.25, 0.3) is 10.9 Å². The van der Waals surface area contributed by atoms with Crippen LogP contribution in [-0.4, -0.2) is 47.5 Å². The number of hydrogen-bond donors (Lipinski definition) is 1. The Bertz CT molecular complexity index is 906. The first-order valence-corrected chi connectivity index (χ1v) is 10.2. The number of aromatic amines is 1. The lowest BCUT2D eigenvalue weighted by atomic mass is 10.0. The van der Waals surface area contributed by atoms with E-state index in [4.69, 9.17) is 18.9 Å². The normalized spacial score (nSPS) is 23.7. The summed E-state index contributed by atoms with van der Waals surface area (Å²) >= 11 is 0. The van der Waals surface area contributed by atoms with Gasteiger partial charge in [-0.15, -0.1) is 0 Å². The summed E-state index contributed by atoms with van der Waals surface area (Å²) in [7, 11) is 0. The zero-order chi connectivity index (χ0) is 21.7. The van der Waals surface area contributed by atoms with E-state index < -0.39 is 42.5 Å². The number of H-pyrrole nitrogens is 1. The molecule has 1 aromatic heterocycles. The molecule has 1 aliphatic heterocycles. The van der Waals surface area contributed by atoms with Crippen LogP contribution in [0, 0.1) is 0 Å². The summed E-state index contributed by atoms with van der Waals surface area (Å²) in [5.74, 6) is -1.29. The number of rotatable bonds is 7. The van der Waals surface area contributed by atoms with Crippen LogP contribution in [0.1, 0.15) is 45.6 Å². The second kappa shape index (κ2) is 9.75. The number of hydrogen-bond acceptors (Lipinski definition) is 7. The Labute approximate surface area is 174 Å². The number of carbonyl (C=O) groups excluding carboxylic acids is 3. The van der Waals surface area contributed by atoms with Gasteiger partial charge in [-0.05, 0) is 18.6 Å². The molecule has 0 saturated carbocycles. The molecular formula is C22H27NO7. The highest BCUT2D eigenvalue weighted by molar-refractivity contribution is 5.87. The lowest BCUT2D eigenvalue weighted by molar-refractivity contribution is -0.251. The minimum atomic E-state index is -0.899. The lowest BCUT2D eigenvalue weighted by Crippen LogP contribution is -2.51. The van der Waals surface area contributed by atoms with Gasteiger partial charge < -0.3 is 23.9 Å². The maximum absolute atomic E-state index is 12.5. The van der Waals surface area contributed by atoms with Crippen molar-refractivity contribution in [3.05, 3.63) is 36.0 Å². The third-order valence-electron chi connectivity index (χ3n) is 5.02. The Kier molecular flexibility index (Phi) is 7.10. The average Bonchev–Trinajstić information content (AvgIpc) is 3.13. The smallest absolute Gasteiger partial charge is 0.312 e. The highest BCUT2D eigenvalue weighted by Crippen LogP contribution is 2.27. The number of carbonyl (C=O) groups is 3. The van der Waals surface area contributed by atoms with E-state index in [0.29, 0.717) is 0 Å². The van der Waals surface area contributed by atoms with Gasteiger partial charge in [0.05, 0.1) is 18.9 Å². The van der Waals surface area contributed by atoms with E-state index in [-0.39, 0.29) is 25.7 Å². The van der Waals surface area contributed by atoms with Gasteiger partial charge in [0.2, 0.25) is 6.29 Å². The van der Waals surface area contributed by atoms with Crippen LogP contribution in [0.15, 0.2) is 30.5 Å². The number of fused-ring (bicyclic) bond motifs is 1. The summed E-state index contributed by atoms with van der Waals surface area (Å²) in [5, 5.41) is 0.952. The molecule has 1 aliphatic rings. The summed E-state index contributed by atoms with van der Waals surface area (Å²) in [4.78, 5) is 39.2. The van der Waals surface area contributed by atoms with Crippen molar-refractivity contribution in [2.24, 2.45) is 0 Å². The molecule has 0 bridgehead atoms. The van der Waals surface area contributed by atoms with Gasteiger partial charge in [-0.1, -0.05) is 32.0 Å². The third kappa shape index (κ3) is 5.18. The molecule has 0 spiro atoms. The van der Waals surface area contributed by atoms with Crippen molar-refractivity contribution < 1.29 is 33.3 Å². The Morgan fingerprint density at radius 2 is 1.73 bits per heavy atom. The van der Waals surface area contributed by atoms with Crippen LogP contribution in [0.5, 0.6) is 0 Å². The molecule has 1 N–H and O–H groups in total. The van der Waals surface area contributed by atoms with Gasteiger partial charge in [0, 0.05) is 29.9 Å². The van der Waals surface area contributed by atoms with Gasteiger partial charge in [0.25, 0.3) is 0 Å². The second-order valence-electron chi connectivity index (χ2n) is 7.22. The van der Waals surface area contributed by atoms with Crippen molar-refractivity contribution >= 4 is 28.8 Å². The van der Waals surface area contributed by atoms with Crippen LogP contribution in [0.4, 0.5) is 0 Å². The average molecular weight is 417 g/mol. The first kappa shape index (κ1) is 21.8. The summed E-state index contributed by atoms with van der Waals surface area (Å²) < 4.78 is 22.1. The molecule has 8 heteroatoms. The fourth-order valence-corrected chi connectivity index (χ4v) is 3.47. The van der Waals surface area contributed by atoms with E-state index >= 15 is 0 Å². The number of aromatic nitrogens is 1. The number of ether oxygens (including phenoxy) is 4. The highest BCUT2D eigenvalue weighted by atomic mass is 16.7. The van der Waals surface area contributed by atoms with Crippen molar-refractivity contribution in [3.63, 3.8) is 0 Å². The maximum atomic E-state index is 12.5. The molecule has 30 heavy (non-hydrogen) atoms. The molecule has 8 nitrogen and oxygen atoms in total. The zero-order valence-electron chi connectivity index (χ0n) is 17.4. The molecular weight excluding hydrogens is 390 g/mol. The second-order valence-corrected chi connectivity index (χ2v) is 7.22. The molecule has 0 unspecified atom stereocenters. The van der Waals surface area contributed by atoms with E-state index in [2.05, 4.69) is 4.98 Å². The fraction of sp³-hybridized carbons (Fsp3) is 0.500. The summed E-state index contributed by atoms with van der Waals surface area (Å²) in [6.45, 7) is 5.05. The largest absolute Gasteiger partial charge is 0.458 e. The quantitative estimate of drug-likeness (QED) is 0.545. The molecule has 1 saturated heterocycles. The first-order chi connectivity index (χ1) is 14.4. The fourth-order valence-electron chi connectivity index (χ4n) is 3.47. The molecule has 3 rings (SSSR count). The predicted molar refractivity (Wildman–Crippen MR) is 107 cm³/mol. The predicted octanol–water partition coefficient (Wildman–Crippen LogP) is 3.03. The van der Waals surface area contributed by atoms with E-state index in [1.54, 1.807) is 27.0 Å². The topological polar surface area (TPSA) is 104 Å². The van der Waals surface area contributed by atoms with Gasteiger partial charge in [-0.25, -0.2) is 0 Å². The zero-order valence-corrected chi connectivity index (χ0v) is 17.4. The van der Waals surface area contributed by atoms with Gasteiger partial charge in [-0.3, -0.25) is 14.4 Å². The molecule has 162 valence electrons. The van der Waals surface area contributed by atoms with Crippen LogP contribution >= 0.6 is 0 Å². The highest BCUT2D eigenvalue weighted by Gasteiger charge is 2.42. The van der Waals surface area contributed by atoms with Gasteiger partial charge >= 0.3 is 17.9 Å². The minimum absolute atomic E-state index is 0.0753. The van der Waals surface area contributed by atoms with Crippen molar-refractivity contribution in [3.8, 4) is 0 Å². The SMILES string of the molecule is CCC(=O)O[C@@H]1[C@H](C)O[C@@H](OC(=O)Cc2c[nH]c3ccccc23)C[C@@H]1OC(=O)CC. The Balaban J connectivity index is 1.66. The first-order valence-electron chi connectivity index (χ1n) is 10.2. The minimum Gasteiger partial charge on any atom is -0.458 e. The summed E-state index contributed by atoms with van der Waals surface area (Å²) in [6, 6.07) is 7.68. The third-order valence-corrected chi connectivity index (χ3v) is 5.02. The Hall–Kier alpha value is -2.87. The van der Waals surface area contributed by atoms with E-state index in [1.165, 1.54) is 0 Å². The van der Waals surface area contributed by atoms with Gasteiger partial charge in [-0.2, -0.15) is 0 Å². The van der Waals surface area contributed by atoms with E-state index in [9.17, 15) is 14.4 Å². The monoisotopic (exact) mass is 417 g/mol. The van der Waals surface area contributed by atoms with Crippen LogP contribution < -0.4 is 0 Å². The molecule has 0 radical (unpaired) electrons. The number of para-hydroxylation sites is 1. The molecule has 2 aromatic rings. The number of esters is 3. The molecule has 0 aliphatic carbocycles. The van der Waals surface area contributed by atoms with E-state index in [0.717, 1.165) is 16.5 Å². The van der Waals surface area contributed by atoms with Gasteiger partial charge in [0.15, 0.2) is 6.10 Å². The van der Waals surface area contributed by atoms with E-state index in [1.807, 2.05) is 24.3 Å². The Morgan fingerprint density at radius 3 is 2.47 bits per heavy atom. The van der Waals surface area contributed by atoms with Crippen LogP contribution in [-0.2, 0) is 39.8 Å². The maximum Gasteiger partial charge on any atom is 0.312 e.